The summed E-state index contributed by atoms with van der Waals surface area (Å²) < 4.78 is 4.91. The van der Waals surface area contributed by atoms with E-state index in [4.69, 9.17) is 27.9 Å². The van der Waals surface area contributed by atoms with Gasteiger partial charge in [0, 0.05) is 11.4 Å². The van der Waals surface area contributed by atoms with Gasteiger partial charge in [-0.15, -0.1) is 11.6 Å². The van der Waals surface area contributed by atoms with E-state index in [1.165, 1.54) is 24.3 Å². The number of rotatable bonds is 4. The molecular weight excluding hydrogens is 239 g/mol. The molecule has 0 saturated carbocycles. The highest BCUT2D eigenvalue weighted by molar-refractivity contribution is 6.67. The van der Waals surface area contributed by atoms with Gasteiger partial charge in [-0.1, -0.05) is 0 Å². The number of esters is 1. The molecular formula is C10H8Cl2O3. The van der Waals surface area contributed by atoms with Crippen LogP contribution >= 0.6 is 23.2 Å². The summed E-state index contributed by atoms with van der Waals surface area (Å²) in [5.74, 6) is 0.179. The Labute approximate surface area is 96.9 Å². The van der Waals surface area contributed by atoms with Gasteiger partial charge in [-0.2, -0.15) is 0 Å². The van der Waals surface area contributed by atoms with E-state index in [1.54, 1.807) is 0 Å². The van der Waals surface area contributed by atoms with Crippen molar-refractivity contribution in [1.82, 2.24) is 0 Å². The smallest absolute Gasteiger partial charge is 0.312 e. The molecule has 0 bridgehead atoms. The maximum absolute atomic E-state index is 11.0. The second-order valence-corrected chi connectivity index (χ2v) is 3.43. The first-order valence-corrected chi connectivity index (χ1v) is 5.11. The molecule has 0 aliphatic rings. The Bertz CT molecular complexity index is 359. The van der Waals surface area contributed by atoms with Crippen molar-refractivity contribution >= 4 is 34.4 Å². The summed E-state index contributed by atoms with van der Waals surface area (Å²) in [5, 5.41) is -0.548. The predicted octanol–water partition coefficient (Wildman–Crippen LogP) is 2.60. The van der Waals surface area contributed by atoms with E-state index in [1.807, 2.05) is 0 Å². The zero-order valence-electron chi connectivity index (χ0n) is 7.70. The van der Waals surface area contributed by atoms with Gasteiger partial charge in [0.05, 0.1) is 6.42 Å². The van der Waals surface area contributed by atoms with Crippen molar-refractivity contribution < 1.29 is 14.3 Å². The molecule has 80 valence electrons. The Morgan fingerprint density at radius 1 is 1.20 bits per heavy atom. The second-order valence-electron chi connectivity index (χ2n) is 2.71. The second kappa shape index (κ2) is 5.73. The zero-order chi connectivity index (χ0) is 11.3. The summed E-state index contributed by atoms with van der Waals surface area (Å²) in [7, 11) is 0. The van der Waals surface area contributed by atoms with Crippen LogP contribution in [-0.4, -0.2) is 17.1 Å². The van der Waals surface area contributed by atoms with Gasteiger partial charge in [0.2, 0.25) is 0 Å². The molecule has 15 heavy (non-hydrogen) atoms. The van der Waals surface area contributed by atoms with Crippen molar-refractivity contribution in [2.24, 2.45) is 0 Å². The molecule has 0 atom stereocenters. The first kappa shape index (κ1) is 12.0. The lowest BCUT2D eigenvalue weighted by molar-refractivity contribution is -0.133. The molecule has 0 amide bonds. The SMILES string of the molecule is O=C(CCCl)Oc1ccc(C(=O)Cl)cc1. The van der Waals surface area contributed by atoms with Gasteiger partial charge >= 0.3 is 5.97 Å². The monoisotopic (exact) mass is 246 g/mol. The van der Waals surface area contributed by atoms with Gasteiger partial charge in [0.15, 0.2) is 0 Å². The quantitative estimate of drug-likeness (QED) is 0.355. The maximum Gasteiger partial charge on any atom is 0.312 e. The molecule has 0 spiro atoms. The fraction of sp³-hybridized carbons (Fsp3) is 0.200. The molecule has 0 aliphatic heterocycles. The molecule has 1 rings (SSSR count). The molecule has 0 unspecified atom stereocenters. The molecule has 1 aromatic carbocycles. The van der Waals surface area contributed by atoms with Gasteiger partial charge in [0.25, 0.3) is 5.24 Å². The Balaban J connectivity index is 2.64. The van der Waals surface area contributed by atoms with Crippen molar-refractivity contribution in [3.05, 3.63) is 29.8 Å². The summed E-state index contributed by atoms with van der Waals surface area (Å²) in [6.45, 7) is 0. The molecule has 0 aromatic heterocycles. The summed E-state index contributed by atoms with van der Waals surface area (Å²) in [4.78, 5) is 21.8. The van der Waals surface area contributed by atoms with Gasteiger partial charge in [-0.05, 0) is 35.9 Å². The van der Waals surface area contributed by atoms with E-state index < -0.39 is 11.2 Å². The minimum absolute atomic E-state index is 0.151. The van der Waals surface area contributed by atoms with E-state index in [9.17, 15) is 9.59 Å². The lowest BCUT2D eigenvalue weighted by Gasteiger charge is -2.02. The van der Waals surface area contributed by atoms with Crippen LogP contribution in [0.5, 0.6) is 5.75 Å². The van der Waals surface area contributed by atoms with Crippen LogP contribution in [0.2, 0.25) is 0 Å². The maximum atomic E-state index is 11.0. The first-order valence-electron chi connectivity index (χ1n) is 4.20. The largest absolute Gasteiger partial charge is 0.426 e. The minimum Gasteiger partial charge on any atom is -0.426 e. The van der Waals surface area contributed by atoms with E-state index in [0.29, 0.717) is 11.3 Å². The highest BCUT2D eigenvalue weighted by Gasteiger charge is 2.05. The molecule has 0 radical (unpaired) electrons. The summed E-state index contributed by atoms with van der Waals surface area (Å²) in [5.41, 5.74) is 0.355. The standard InChI is InChI=1S/C10H8Cl2O3/c11-6-5-9(13)15-8-3-1-7(2-4-8)10(12)14/h1-4H,5-6H2. The van der Waals surface area contributed by atoms with Crippen LogP contribution in [0.1, 0.15) is 16.8 Å². The number of hydrogen-bond donors (Lipinski definition) is 0. The highest BCUT2D eigenvalue weighted by atomic mass is 35.5. The molecule has 0 fully saturated rings. The fourth-order valence-corrected chi connectivity index (χ4v) is 1.19. The predicted molar refractivity (Wildman–Crippen MR) is 57.6 cm³/mol. The van der Waals surface area contributed by atoms with Crippen LogP contribution < -0.4 is 4.74 Å². The average molecular weight is 247 g/mol. The number of alkyl halides is 1. The van der Waals surface area contributed by atoms with Crippen molar-refractivity contribution in [3.8, 4) is 5.75 Å². The van der Waals surface area contributed by atoms with Crippen LogP contribution in [0.3, 0.4) is 0 Å². The Morgan fingerprint density at radius 3 is 2.27 bits per heavy atom. The number of ether oxygens (including phenoxy) is 1. The van der Waals surface area contributed by atoms with Gasteiger partial charge in [-0.25, -0.2) is 0 Å². The molecule has 0 heterocycles. The number of carbonyl (C=O) groups is 2. The molecule has 0 saturated heterocycles. The van der Waals surface area contributed by atoms with Crippen LogP contribution in [0.25, 0.3) is 0 Å². The zero-order valence-corrected chi connectivity index (χ0v) is 9.22. The lowest BCUT2D eigenvalue weighted by Crippen LogP contribution is -2.08. The average Bonchev–Trinajstić information content (AvgIpc) is 2.18. The number of hydrogen-bond acceptors (Lipinski definition) is 3. The lowest BCUT2D eigenvalue weighted by atomic mass is 10.2. The van der Waals surface area contributed by atoms with Crippen LogP contribution in [-0.2, 0) is 4.79 Å². The van der Waals surface area contributed by atoms with Crippen LogP contribution in [0.15, 0.2) is 24.3 Å². The van der Waals surface area contributed by atoms with Crippen molar-refractivity contribution in [3.63, 3.8) is 0 Å². The van der Waals surface area contributed by atoms with Gasteiger partial charge < -0.3 is 4.74 Å². The Kier molecular flexibility index (Phi) is 4.59. The van der Waals surface area contributed by atoms with E-state index in [-0.39, 0.29) is 12.3 Å². The molecule has 0 aliphatic carbocycles. The molecule has 5 heteroatoms. The summed E-state index contributed by atoms with van der Waals surface area (Å²) in [6.07, 6.45) is 0.151. The third kappa shape index (κ3) is 3.90. The summed E-state index contributed by atoms with van der Waals surface area (Å²) in [6, 6.07) is 5.97. The first-order chi connectivity index (χ1) is 7.13. The van der Waals surface area contributed by atoms with Crippen LogP contribution in [0, 0.1) is 0 Å². The van der Waals surface area contributed by atoms with E-state index >= 15 is 0 Å². The van der Waals surface area contributed by atoms with Crippen molar-refractivity contribution in [2.45, 2.75) is 6.42 Å². The molecule has 1 aromatic rings. The highest BCUT2D eigenvalue weighted by Crippen LogP contribution is 2.14. The van der Waals surface area contributed by atoms with Crippen molar-refractivity contribution in [2.75, 3.05) is 5.88 Å². The topological polar surface area (TPSA) is 43.4 Å². The van der Waals surface area contributed by atoms with Crippen LogP contribution in [0.4, 0.5) is 0 Å². The molecule has 0 N–H and O–H groups in total. The number of halogens is 2. The Morgan fingerprint density at radius 2 is 1.80 bits per heavy atom. The van der Waals surface area contributed by atoms with E-state index in [0.717, 1.165) is 0 Å². The normalized spacial score (nSPS) is 9.73. The summed E-state index contributed by atoms with van der Waals surface area (Å²) >= 11 is 10.6. The Hall–Kier alpha value is -1.06. The molecule has 3 nitrogen and oxygen atoms in total. The number of carbonyl (C=O) groups excluding carboxylic acids is 2. The van der Waals surface area contributed by atoms with E-state index in [2.05, 4.69) is 0 Å². The number of benzene rings is 1. The van der Waals surface area contributed by atoms with Crippen molar-refractivity contribution in [1.29, 1.82) is 0 Å². The van der Waals surface area contributed by atoms with Gasteiger partial charge in [0.1, 0.15) is 5.75 Å². The fourth-order valence-electron chi connectivity index (χ4n) is 0.914. The third-order valence-corrected chi connectivity index (χ3v) is 2.02. The third-order valence-electron chi connectivity index (χ3n) is 1.61. The minimum atomic E-state index is -0.548. The van der Waals surface area contributed by atoms with Gasteiger partial charge in [-0.3, -0.25) is 9.59 Å².